The van der Waals surface area contributed by atoms with Gasteiger partial charge < -0.3 is 15.4 Å². The van der Waals surface area contributed by atoms with Crippen molar-refractivity contribution < 1.29 is 13.9 Å². The second kappa shape index (κ2) is 9.02. The fourth-order valence-electron chi connectivity index (χ4n) is 2.62. The molecule has 8 nitrogen and oxygen atoms in total. The summed E-state index contributed by atoms with van der Waals surface area (Å²) in [6.45, 7) is 3.69. The summed E-state index contributed by atoms with van der Waals surface area (Å²) in [6.07, 6.45) is 1.52. The zero-order valence-electron chi connectivity index (χ0n) is 15.3. The first-order valence-electron chi connectivity index (χ1n) is 8.70. The van der Waals surface area contributed by atoms with Gasteiger partial charge in [-0.15, -0.1) is 0 Å². The topological polar surface area (TPSA) is 110 Å². The molecule has 2 aromatic rings. The highest BCUT2D eigenvalue weighted by molar-refractivity contribution is 5.96. The number of nitrogens with two attached hydrogens (primary N) is 1. The van der Waals surface area contributed by atoms with Crippen LogP contribution in [0, 0.1) is 5.82 Å². The van der Waals surface area contributed by atoms with E-state index in [0.29, 0.717) is 13.0 Å². The molecule has 9 heteroatoms. The number of amides is 1. The summed E-state index contributed by atoms with van der Waals surface area (Å²) in [6, 6.07) is 5.38. The van der Waals surface area contributed by atoms with Gasteiger partial charge in [-0.05, 0) is 25.5 Å². The van der Waals surface area contributed by atoms with Gasteiger partial charge in [-0.1, -0.05) is 19.4 Å². The predicted octanol–water partition coefficient (Wildman–Crippen LogP) is 1.49. The van der Waals surface area contributed by atoms with Crippen LogP contribution >= 0.6 is 0 Å². The van der Waals surface area contributed by atoms with E-state index >= 15 is 0 Å². The lowest BCUT2D eigenvalue weighted by molar-refractivity contribution is -0.120. The Balaban J connectivity index is 2.29. The molecule has 0 fully saturated rings. The molecule has 0 unspecified atom stereocenters. The number of nitrogen functional groups attached to an aromatic ring is 1. The maximum atomic E-state index is 13.2. The highest BCUT2D eigenvalue weighted by Gasteiger charge is 2.23. The summed E-state index contributed by atoms with van der Waals surface area (Å²) in [5, 5.41) is 0. The van der Waals surface area contributed by atoms with Gasteiger partial charge in [0.2, 0.25) is 0 Å². The first-order chi connectivity index (χ1) is 12.9. The van der Waals surface area contributed by atoms with Crippen LogP contribution in [0.4, 0.5) is 15.9 Å². The number of nitrogens with one attached hydrogen (secondary N) is 1. The fraction of sp³-hybridized carbons (Fsp3) is 0.389. The fourth-order valence-corrected chi connectivity index (χ4v) is 2.62. The molecule has 1 amide bonds. The SMILES string of the molecule is CCCCn1c(N)c(N(CC)C(=O)COc2cccc(F)c2)c(=O)[nH]c1=O. The molecule has 3 N–H and O–H groups in total. The number of likely N-dealkylation sites (N-methyl/N-ethyl adjacent to an activating group) is 1. The van der Waals surface area contributed by atoms with Crippen LogP contribution < -0.4 is 26.6 Å². The van der Waals surface area contributed by atoms with Gasteiger partial charge in [-0.25, -0.2) is 9.18 Å². The number of unbranched alkanes of at least 4 members (excludes halogenated alkanes) is 1. The number of carbonyl (C=O) groups excluding carboxylic acids is 1. The minimum absolute atomic E-state index is 0.0712. The minimum atomic E-state index is -0.744. The molecule has 0 spiro atoms. The molecule has 146 valence electrons. The van der Waals surface area contributed by atoms with E-state index in [2.05, 4.69) is 4.98 Å². The number of halogens is 1. The highest BCUT2D eigenvalue weighted by atomic mass is 19.1. The normalized spacial score (nSPS) is 10.6. The van der Waals surface area contributed by atoms with Gasteiger partial charge in [0, 0.05) is 19.2 Å². The van der Waals surface area contributed by atoms with Gasteiger partial charge >= 0.3 is 5.69 Å². The van der Waals surface area contributed by atoms with Crippen LogP contribution in [0.15, 0.2) is 33.9 Å². The molecule has 1 aromatic carbocycles. The molecule has 27 heavy (non-hydrogen) atoms. The second-order valence-corrected chi connectivity index (χ2v) is 5.88. The Kier molecular flexibility index (Phi) is 6.75. The average molecular weight is 378 g/mol. The quantitative estimate of drug-likeness (QED) is 0.723. The minimum Gasteiger partial charge on any atom is -0.484 e. The van der Waals surface area contributed by atoms with Crippen molar-refractivity contribution in [3.63, 3.8) is 0 Å². The Hall–Kier alpha value is -3.10. The Morgan fingerprint density at radius 2 is 2.07 bits per heavy atom. The molecule has 0 saturated carbocycles. The molecule has 1 aromatic heterocycles. The predicted molar refractivity (Wildman–Crippen MR) is 101 cm³/mol. The maximum Gasteiger partial charge on any atom is 0.330 e. The molecule has 0 saturated heterocycles. The monoisotopic (exact) mass is 378 g/mol. The van der Waals surface area contributed by atoms with Gasteiger partial charge in [0.1, 0.15) is 17.4 Å². The molecule has 0 radical (unpaired) electrons. The summed E-state index contributed by atoms with van der Waals surface area (Å²) in [4.78, 5) is 40.2. The Labute approximate surface area is 155 Å². The first-order valence-corrected chi connectivity index (χ1v) is 8.70. The number of benzene rings is 1. The van der Waals surface area contributed by atoms with Crippen molar-refractivity contribution in [3.8, 4) is 5.75 Å². The van der Waals surface area contributed by atoms with Crippen molar-refractivity contribution in [2.75, 3.05) is 23.8 Å². The van der Waals surface area contributed by atoms with Crippen molar-refractivity contribution in [1.82, 2.24) is 9.55 Å². The Bertz CT molecular complexity index is 922. The molecule has 1 heterocycles. The van der Waals surface area contributed by atoms with Crippen LogP contribution in [-0.2, 0) is 11.3 Å². The lowest BCUT2D eigenvalue weighted by atomic mass is 10.3. The molecular weight excluding hydrogens is 355 g/mol. The maximum absolute atomic E-state index is 13.2. The van der Waals surface area contributed by atoms with Gasteiger partial charge in [0.05, 0.1) is 0 Å². The van der Waals surface area contributed by atoms with Crippen molar-refractivity contribution in [2.24, 2.45) is 0 Å². The number of nitrogens with zero attached hydrogens (tertiary/aromatic N) is 2. The lowest BCUT2D eigenvalue weighted by Gasteiger charge is -2.23. The van der Waals surface area contributed by atoms with E-state index in [1.807, 2.05) is 6.92 Å². The van der Waals surface area contributed by atoms with E-state index in [9.17, 15) is 18.8 Å². The summed E-state index contributed by atoms with van der Waals surface area (Å²) < 4.78 is 19.7. The third-order valence-corrected chi connectivity index (χ3v) is 3.99. The Morgan fingerprint density at radius 1 is 1.33 bits per heavy atom. The third kappa shape index (κ3) is 4.75. The average Bonchev–Trinajstić information content (AvgIpc) is 2.63. The van der Waals surface area contributed by atoms with Crippen LogP contribution in [0.25, 0.3) is 0 Å². The summed E-state index contributed by atoms with van der Waals surface area (Å²) >= 11 is 0. The smallest absolute Gasteiger partial charge is 0.330 e. The van der Waals surface area contributed by atoms with E-state index in [1.54, 1.807) is 6.92 Å². The van der Waals surface area contributed by atoms with E-state index in [-0.39, 0.29) is 23.8 Å². The largest absolute Gasteiger partial charge is 0.484 e. The molecule has 0 aliphatic carbocycles. The number of aromatic amines is 1. The lowest BCUT2D eigenvalue weighted by Crippen LogP contribution is -2.42. The number of anilines is 2. The number of carbonyl (C=O) groups is 1. The van der Waals surface area contributed by atoms with E-state index in [4.69, 9.17) is 10.5 Å². The van der Waals surface area contributed by atoms with Gasteiger partial charge in [-0.2, -0.15) is 0 Å². The number of H-pyrrole nitrogens is 1. The van der Waals surface area contributed by atoms with Crippen LogP contribution in [0.1, 0.15) is 26.7 Å². The molecule has 0 atom stereocenters. The van der Waals surface area contributed by atoms with Crippen LogP contribution in [0.3, 0.4) is 0 Å². The van der Waals surface area contributed by atoms with Crippen molar-refractivity contribution >= 4 is 17.4 Å². The van der Waals surface area contributed by atoms with Crippen molar-refractivity contribution in [3.05, 3.63) is 50.9 Å². The molecule has 0 bridgehead atoms. The molecule has 0 aliphatic heterocycles. The highest BCUT2D eigenvalue weighted by Crippen LogP contribution is 2.18. The third-order valence-electron chi connectivity index (χ3n) is 3.99. The molecule has 2 rings (SSSR count). The second-order valence-electron chi connectivity index (χ2n) is 5.88. The number of rotatable bonds is 8. The van der Waals surface area contributed by atoms with Gasteiger partial charge in [0.15, 0.2) is 12.3 Å². The zero-order chi connectivity index (χ0) is 20.0. The zero-order valence-corrected chi connectivity index (χ0v) is 15.3. The standard InChI is InChI=1S/C18H23FN4O4/c1-3-5-9-23-16(20)15(17(25)21-18(23)26)22(4-2)14(24)11-27-13-8-6-7-12(19)10-13/h6-8,10H,3-5,9,11,20H2,1-2H3,(H,21,25,26). The Morgan fingerprint density at radius 3 is 2.70 bits per heavy atom. The van der Waals surface area contributed by atoms with E-state index < -0.39 is 29.6 Å². The number of hydrogen-bond acceptors (Lipinski definition) is 5. The molecule has 0 aliphatic rings. The summed E-state index contributed by atoms with van der Waals surface area (Å²) in [7, 11) is 0. The summed E-state index contributed by atoms with van der Waals surface area (Å²) in [5.74, 6) is -0.914. The van der Waals surface area contributed by atoms with Gasteiger partial charge in [0.25, 0.3) is 11.5 Å². The summed E-state index contributed by atoms with van der Waals surface area (Å²) in [5.41, 5.74) is 4.57. The van der Waals surface area contributed by atoms with Crippen molar-refractivity contribution in [1.29, 1.82) is 0 Å². The van der Waals surface area contributed by atoms with Crippen molar-refractivity contribution in [2.45, 2.75) is 33.2 Å². The number of hydrogen-bond donors (Lipinski definition) is 2. The number of ether oxygens (including phenoxy) is 1. The first kappa shape index (κ1) is 20.2. The van der Waals surface area contributed by atoms with Crippen LogP contribution in [0.5, 0.6) is 5.75 Å². The molecular formula is C18H23FN4O4. The van der Waals surface area contributed by atoms with Gasteiger partial charge in [-0.3, -0.25) is 19.1 Å². The van der Waals surface area contributed by atoms with Crippen LogP contribution in [-0.4, -0.2) is 28.6 Å². The number of aromatic nitrogens is 2. The van der Waals surface area contributed by atoms with Crippen LogP contribution in [0.2, 0.25) is 0 Å². The van der Waals surface area contributed by atoms with E-state index in [0.717, 1.165) is 17.4 Å². The van der Waals surface area contributed by atoms with E-state index in [1.165, 1.54) is 22.8 Å².